The molecule has 0 radical (unpaired) electrons. The first kappa shape index (κ1) is 11.5. The average Bonchev–Trinajstić information content (AvgIpc) is 2.17. The van der Waals surface area contributed by atoms with Gasteiger partial charge in [0.25, 0.3) is 0 Å². The van der Waals surface area contributed by atoms with Crippen LogP contribution in [0.15, 0.2) is 24.3 Å². The Kier molecular flexibility index (Phi) is 3.68. The van der Waals surface area contributed by atoms with E-state index in [1.165, 1.54) is 0 Å². The predicted molar refractivity (Wildman–Crippen MR) is 58.0 cm³/mol. The molecule has 82 valence electrons. The number of anilines is 1. The molecule has 1 rings (SSSR count). The van der Waals surface area contributed by atoms with Crippen LogP contribution in [-0.4, -0.2) is 30.3 Å². The van der Waals surface area contributed by atoms with Crippen LogP contribution in [0.2, 0.25) is 0 Å². The van der Waals surface area contributed by atoms with E-state index < -0.39 is 12.1 Å². The fourth-order valence-corrected chi connectivity index (χ4v) is 1.29. The molecule has 0 amide bonds. The molecular formula is C11H15NO3. The van der Waals surface area contributed by atoms with Crippen LogP contribution in [0.4, 0.5) is 5.69 Å². The molecule has 0 saturated carbocycles. The second kappa shape index (κ2) is 4.79. The summed E-state index contributed by atoms with van der Waals surface area (Å²) in [5.74, 6) is -1.00. The molecule has 1 aromatic carbocycles. The second-order valence-electron chi connectivity index (χ2n) is 3.60. The lowest BCUT2D eigenvalue weighted by Gasteiger charge is -2.15. The van der Waals surface area contributed by atoms with E-state index >= 15 is 0 Å². The molecule has 0 aliphatic rings. The van der Waals surface area contributed by atoms with Crippen molar-refractivity contribution >= 4 is 11.7 Å². The molecule has 4 heteroatoms. The summed E-state index contributed by atoms with van der Waals surface area (Å²) in [6, 6.07) is 7.21. The summed E-state index contributed by atoms with van der Waals surface area (Å²) in [6.07, 6.45) is -1.21. The maximum absolute atomic E-state index is 10.4. The van der Waals surface area contributed by atoms with Gasteiger partial charge in [-0.3, -0.25) is 4.79 Å². The summed E-state index contributed by atoms with van der Waals surface area (Å²) in [5, 5.41) is 18.2. The lowest BCUT2D eigenvalue weighted by atomic mass is 10.1. The molecule has 0 heterocycles. The van der Waals surface area contributed by atoms with E-state index in [2.05, 4.69) is 0 Å². The highest BCUT2D eigenvalue weighted by Crippen LogP contribution is 2.21. The number of carboxylic acid groups (broad SMARTS) is 1. The van der Waals surface area contributed by atoms with Gasteiger partial charge in [0.2, 0.25) is 0 Å². The maximum Gasteiger partial charge on any atom is 0.306 e. The van der Waals surface area contributed by atoms with Crippen molar-refractivity contribution in [2.24, 2.45) is 0 Å². The van der Waals surface area contributed by atoms with Crippen molar-refractivity contribution in [3.05, 3.63) is 29.8 Å². The second-order valence-corrected chi connectivity index (χ2v) is 3.60. The Morgan fingerprint density at radius 3 is 2.67 bits per heavy atom. The number of carboxylic acids is 1. The van der Waals surface area contributed by atoms with Gasteiger partial charge < -0.3 is 15.1 Å². The smallest absolute Gasteiger partial charge is 0.306 e. The van der Waals surface area contributed by atoms with Crippen LogP contribution in [0.3, 0.4) is 0 Å². The van der Waals surface area contributed by atoms with Gasteiger partial charge in [-0.1, -0.05) is 12.1 Å². The number of nitrogens with zero attached hydrogens (tertiary/aromatic N) is 1. The highest BCUT2D eigenvalue weighted by atomic mass is 16.4. The number of aliphatic hydroxyl groups is 1. The summed E-state index contributed by atoms with van der Waals surface area (Å²) in [4.78, 5) is 12.3. The van der Waals surface area contributed by atoms with Gasteiger partial charge in [-0.2, -0.15) is 0 Å². The number of carbonyl (C=O) groups is 1. The molecule has 4 nitrogen and oxygen atoms in total. The average molecular weight is 209 g/mol. The minimum Gasteiger partial charge on any atom is -0.481 e. The van der Waals surface area contributed by atoms with Gasteiger partial charge in [-0.15, -0.1) is 0 Å². The molecule has 1 unspecified atom stereocenters. The van der Waals surface area contributed by atoms with Crippen LogP contribution in [0.25, 0.3) is 0 Å². The number of hydrogen-bond donors (Lipinski definition) is 2. The van der Waals surface area contributed by atoms with E-state index in [9.17, 15) is 9.90 Å². The van der Waals surface area contributed by atoms with E-state index in [4.69, 9.17) is 5.11 Å². The van der Waals surface area contributed by atoms with Crippen molar-refractivity contribution in [2.75, 3.05) is 19.0 Å². The quantitative estimate of drug-likeness (QED) is 0.783. The van der Waals surface area contributed by atoms with E-state index in [0.29, 0.717) is 5.56 Å². The van der Waals surface area contributed by atoms with E-state index in [-0.39, 0.29) is 6.42 Å². The SMILES string of the molecule is CN(C)c1cccc(C(O)CC(=O)O)c1. The number of rotatable bonds is 4. The Bertz CT molecular complexity index is 349. The van der Waals surface area contributed by atoms with E-state index in [1.807, 2.05) is 25.1 Å². The third-order valence-corrected chi connectivity index (χ3v) is 2.14. The minimum absolute atomic E-state index is 0.267. The van der Waals surface area contributed by atoms with Gasteiger partial charge in [-0.05, 0) is 17.7 Å². The van der Waals surface area contributed by atoms with Gasteiger partial charge >= 0.3 is 5.97 Å². The van der Waals surface area contributed by atoms with Crippen LogP contribution < -0.4 is 4.90 Å². The molecule has 0 aliphatic heterocycles. The van der Waals surface area contributed by atoms with Crippen molar-refractivity contribution < 1.29 is 15.0 Å². The Morgan fingerprint density at radius 1 is 1.47 bits per heavy atom. The van der Waals surface area contributed by atoms with Crippen LogP contribution >= 0.6 is 0 Å². The summed E-state index contributed by atoms with van der Waals surface area (Å²) in [6.45, 7) is 0. The Balaban J connectivity index is 2.85. The van der Waals surface area contributed by atoms with Crippen LogP contribution in [0, 0.1) is 0 Å². The van der Waals surface area contributed by atoms with E-state index in [0.717, 1.165) is 5.69 Å². The van der Waals surface area contributed by atoms with Gasteiger partial charge in [0.05, 0.1) is 12.5 Å². The predicted octanol–water partition coefficient (Wildman–Crippen LogP) is 1.26. The Labute approximate surface area is 88.8 Å². The molecule has 0 fully saturated rings. The molecule has 0 saturated heterocycles. The summed E-state index contributed by atoms with van der Waals surface area (Å²) >= 11 is 0. The topological polar surface area (TPSA) is 60.8 Å². The Hall–Kier alpha value is -1.55. The zero-order valence-corrected chi connectivity index (χ0v) is 8.84. The van der Waals surface area contributed by atoms with Crippen LogP contribution in [0.5, 0.6) is 0 Å². The molecule has 0 spiro atoms. The van der Waals surface area contributed by atoms with Gasteiger partial charge in [-0.25, -0.2) is 0 Å². The fraction of sp³-hybridized carbons (Fsp3) is 0.364. The van der Waals surface area contributed by atoms with E-state index in [1.54, 1.807) is 18.2 Å². The van der Waals surface area contributed by atoms with Gasteiger partial charge in [0.15, 0.2) is 0 Å². The molecule has 1 aromatic rings. The minimum atomic E-state index is -1.00. The first-order chi connectivity index (χ1) is 7.00. The lowest BCUT2D eigenvalue weighted by Crippen LogP contribution is -2.10. The van der Waals surface area contributed by atoms with Crippen molar-refractivity contribution in [1.29, 1.82) is 0 Å². The zero-order valence-electron chi connectivity index (χ0n) is 8.84. The first-order valence-corrected chi connectivity index (χ1v) is 4.68. The number of aliphatic carboxylic acids is 1. The fourth-order valence-electron chi connectivity index (χ4n) is 1.29. The van der Waals surface area contributed by atoms with Gasteiger partial charge in [0.1, 0.15) is 0 Å². The van der Waals surface area contributed by atoms with Crippen molar-refractivity contribution in [3.63, 3.8) is 0 Å². The highest BCUT2D eigenvalue weighted by molar-refractivity contribution is 5.67. The van der Waals surface area contributed by atoms with Crippen molar-refractivity contribution in [1.82, 2.24) is 0 Å². The van der Waals surface area contributed by atoms with Crippen molar-refractivity contribution in [3.8, 4) is 0 Å². The third kappa shape index (κ3) is 3.25. The largest absolute Gasteiger partial charge is 0.481 e. The molecule has 15 heavy (non-hydrogen) atoms. The normalized spacial score (nSPS) is 12.2. The van der Waals surface area contributed by atoms with Crippen LogP contribution in [0.1, 0.15) is 18.1 Å². The maximum atomic E-state index is 10.4. The third-order valence-electron chi connectivity index (χ3n) is 2.14. The lowest BCUT2D eigenvalue weighted by molar-refractivity contribution is -0.139. The molecule has 0 bridgehead atoms. The summed E-state index contributed by atoms with van der Waals surface area (Å²) < 4.78 is 0. The standard InChI is InChI=1S/C11H15NO3/c1-12(2)9-5-3-4-8(6-9)10(13)7-11(14)15/h3-6,10,13H,7H2,1-2H3,(H,14,15). The summed E-state index contributed by atoms with van der Waals surface area (Å²) in [7, 11) is 3.78. The monoisotopic (exact) mass is 209 g/mol. The molecule has 0 aliphatic carbocycles. The van der Waals surface area contributed by atoms with Crippen molar-refractivity contribution in [2.45, 2.75) is 12.5 Å². The highest BCUT2D eigenvalue weighted by Gasteiger charge is 2.12. The number of hydrogen-bond acceptors (Lipinski definition) is 3. The molecule has 2 N–H and O–H groups in total. The molecule has 0 aromatic heterocycles. The molecule has 1 atom stereocenters. The van der Waals surface area contributed by atoms with Crippen LogP contribution in [-0.2, 0) is 4.79 Å². The number of aliphatic hydroxyl groups excluding tert-OH is 1. The number of benzene rings is 1. The first-order valence-electron chi connectivity index (χ1n) is 4.68. The summed E-state index contributed by atoms with van der Waals surface area (Å²) in [5.41, 5.74) is 1.57. The van der Waals surface area contributed by atoms with Gasteiger partial charge in [0, 0.05) is 19.8 Å². The zero-order chi connectivity index (χ0) is 11.4. The molecular weight excluding hydrogens is 194 g/mol. The Morgan fingerprint density at radius 2 is 2.13 bits per heavy atom.